The van der Waals surface area contributed by atoms with E-state index in [4.69, 9.17) is 16.6 Å². The molecule has 0 aliphatic carbocycles. The molecule has 0 aromatic heterocycles. The van der Waals surface area contributed by atoms with E-state index in [0.717, 1.165) is 6.92 Å². The summed E-state index contributed by atoms with van der Waals surface area (Å²) in [7, 11) is -34.5. The van der Waals surface area contributed by atoms with Gasteiger partial charge in [-0.2, -0.15) is 50.5 Å². The first-order valence-electron chi connectivity index (χ1n) is 30.6. The van der Waals surface area contributed by atoms with Gasteiger partial charge in [0.05, 0.1) is 26.4 Å². The lowest BCUT2D eigenvalue weighted by Crippen LogP contribution is -2.64. The second kappa shape index (κ2) is 46.5. The molecule has 0 fully saturated rings. The van der Waals surface area contributed by atoms with Gasteiger partial charge in [0.25, 0.3) is 0 Å². The van der Waals surface area contributed by atoms with Gasteiger partial charge in [-0.1, -0.05) is 0 Å². The zero-order chi connectivity index (χ0) is 86.1. The number of aliphatic carboxylic acids is 4. The first kappa shape index (κ1) is 102. The van der Waals surface area contributed by atoms with E-state index in [0.29, 0.717) is 13.8 Å². The number of carboxylic acids is 4. The summed E-state index contributed by atoms with van der Waals surface area (Å²) in [4.78, 5) is 210. The van der Waals surface area contributed by atoms with Crippen LogP contribution in [-0.4, -0.2) is 305 Å². The topological polar surface area (TPSA) is 920 Å². The molecule has 63 heteroatoms. The normalized spacial score (nSPS) is 15.5. The Bertz CT molecular complexity index is 4100. The minimum absolute atomic E-state index is 0.0707. The van der Waals surface area contributed by atoms with Gasteiger partial charge in [-0.3, -0.25) is 104 Å². The SMILES string of the molecule is CC(=O)N[C@H](CCC(=O)O)C(=O)N[C@@H](C(=O)N[C@H](CCC(=O)O)C(=O)N[C@@H](C(=O)N[C@H](COS(=O)(=O)O)C(=O)N[C@H](COS(=O)(=O)O)C(=O)N[C@H](CCC(=O)O)C(=O)N[C@H](COS(=O)(=O)O)C(=O)N[C@H](CCC(=O)O)C(=O)N[C@H](COS(=O)(=O)O)C(=O)N[C@H](CCCCN)C(N)=O)[C@@H](C)OS(=O)(=O)O)[C@@H](C)OS(=O)(=O)O. The molecule has 0 saturated heterocycles. The predicted molar refractivity (Wildman–Crippen MR) is 351 cm³/mol. The van der Waals surface area contributed by atoms with Crippen LogP contribution in [0.25, 0.3) is 0 Å². The highest BCUT2D eigenvalue weighted by Crippen LogP contribution is 2.13. The average Bonchev–Trinajstić information content (AvgIpc) is 0.841. The second-order valence-corrected chi connectivity index (χ2v) is 28.9. The van der Waals surface area contributed by atoms with Gasteiger partial charge in [0.1, 0.15) is 78.7 Å². The molecule has 0 spiro atoms. The number of unbranched alkanes of at least 4 members (excludes halogenated alkanes) is 1. The number of nitrogens with two attached hydrogens (primary N) is 2. The Hall–Kier alpha value is -9.30. The highest BCUT2D eigenvalue weighted by atomic mass is 32.3. The molecule has 111 heavy (non-hydrogen) atoms. The first-order chi connectivity index (χ1) is 50.6. The molecule has 0 heterocycles. The van der Waals surface area contributed by atoms with Crippen molar-refractivity contribution in [3.63, 3.8) is 0 Å². The van der Waals surface area contributed by atoms with Crippen LogP contribution in [0, 0.1) is 0 Å². The minimum atomic E-state index is -5.88. The number of nitrogens with one attached hydrogen (secondary N) is 11. The number of amides is 12. The van der Waals surface area contributed by atoms with Crippen molar-refractivity contribution in [1.82, 2.24) is 58.5 Å². The summed E-state index contributed by atoms with van der Waals surface area (Å²) < 4.78 is 223. The van der Waals surface area contributed by atoms with Gasteiger partial charge in [-0.15, -0.1) is 0 Å². The summed E-state index contributed by atoms with van der Waals surface area (Å²) >= 11 is 0. The van der Waals surface area contributed by atoms with Gasteiger partial charge in [0.15, 0.2) is 0 Å². The van der Waals surface area contributed by atoms with E-state index in [9.17, 15) is 170 Å². The number of primary amides is 1. The molecule has 0 aliphatic heterocycles. The molecule has 0 aromatic carbocycles. The third-order valence-corrected chi connectivity index (χ3v) is 16.3. The van der Waals surface area contributed by atoms with Crippen LogP contribution in [0.4, 0.5) is 0 Å². The molecule has 0 aliphatic rings. The van der Waals surface area contributed by atoms with Gasteiger partial charge in [0.2, 0.25) is 70.9 Å². The Morgan fingerprint density at radius 2 is 0.523 bits per heavy atom. The average molecular weight is 1730 g/mol. The van der Waals surface area contributed by atoms with Crippen molar-refractivity contribution in [3.05, 3.63) is 0 Å². The standard InChI is InChI=1S/C48H79N13O44S6/c1-20(104-110(94,95)96)36(60-41(74)24(51-22(3)62)7-11-32(63)64)47(80)55-27(10-14-35(69)70)42(75)61-37(21(2)105-111(97,98)99)48(81)59-31(19-103-109(91,92)93)46(79)58-30(18-102-108(88,89)90)45(78)54-26(9-13-34(67)68)40(73)57-29(17-101-107(85,86)87)44(77)53-25(8-12-33(65)66)39(72)56-28(16-100-106(82,83)84)43(76)52-23(38(50)71)6-4-5-15-49/h20-21,23-31,36-37H,4-19,49H2,1-3H3,(H2,50,71)(H,51,62)(H,52,76)(H,53,77)(H,54,78)(H,55,80)(H,56,72)(H,57,73)(H,58,79)(H,59,81)(H,60,74)(H,61,75)(H,63,64)(H,65,66)(H,67,68)(H,69,70)(H,82,83,84)(H,85,86,87)(H,88,89,90)(H,91,92,93)(H,94,95,96)(H,97,98,99)/t20-,21-,23-,24-,25-,26-,27-,28-,29-,30-,31-,36-,37-/m1/s1. The summed E-state index contributed by atoms with van der Waals surface area (Å²) in [5, 5.41) is 56.9. The summed E-state index contributed by atoms with van der Waals surface area (Å²) in [5.74, 6) is -28.1. The van der Waals surface area contributed by atoms with Crippen molar-refractivity contribution >= 4 is 157 Å². The van der Waals surface area contributed by atoms with Crippen molar-refractivity contribution in [1.29, 1.82) is 0 Å². The fourth-order valence-electron chi connectivity index (χ4n) is 8.47. The van der Waals surface area contributed by atoms with E-state index in [2.05, 4.69) is 25.1 Å². The molecule has 25 N–H and O–H groups in total. The lowest BCUT2D eigenvalue weighted by molar-refractivity contribution is -0.140. The van der Waals surface area contributed by atoms with E-state index in [1.165, 1.54) is 10.6 Å². The molecule has 0 unspecified atom stereocenters. The molecule has 13 atom stereocenters. The van der Waals surface area contributed by atoms with Crippen LogP contribution in [0.1, 0.15) is 91.4 Å². The van der Waals surface area contributed by atoms with Crippen LogP contribution in [0.15, 0.2) is 0 Å². The molecule has 0 bridgehead atoms. The second-order valence-electron chi connectivity index (χ2n) is 22.4. The van der Waals surface area contributed by atoms with Gasteiger partial charge in [0, 0.05) is 32.6 Å². The molecular formula is C48H79N13O44S6. The predicted octanol–water partition coefficient (Wildman–Crippen LogP) is -12.9. The summed E-state index contributed by atoms with van der Waals surface area (Å²) in [6.07, 6.45) is -13.7. The summed E-state index contributed by atoms with van der Waals surface area (Å²) in [6, 6.07) is -27.4. The fourth-order valence-corrected chi connectivity index (χ4v) is 10.7. The number of carboxylic acid groups (broad SMARTS) is 4. The van der Waals surface area contributed by atoms with Crippen molar-refractivity contribution in [2.24, 2.45) is 11.5 Å². The number of hydrogen-bond acceptors (Lipinski definition) is 35. The van der Waals surface area contributed by atoms with Gasteiger partial charge >= 0.3 is 86.3 Å². The summed E-state index contributed by atoms with van der Waals surface area (Å²) in [5.41, 5.74) is 10.8. The van der Waals surface area contributed by atoms with Crippen molar-refractivity contribution in [2.45, 2.75) is 170 Å². The van der Waals surface area contributed by atoms with Crippen LogP contribution in [0.5, 0.6) is 0 Å². The Morgan fingerprint density at radius 3 is 0.748 bits per heavy atom. The molecule has 0 saturated carbocycles. The quantitative estimate of drug-likeness (QED) is 0.0199. The Labute approximate surface area is 627 Å². The molecular weight excluding hydrogens is 1650 g/mol. The lowest BCUT2D eigenvalue weighted by Gasteiger charge is -2.30. The van der Waals surface area contributed by atoms with Crippen LogP contribution in [0.3, 0.4) is 0 Å². The van der Waals surface area contributed by atoms with Crippen molar-refractivity contribution in [2.75, 3.05) is 33.0 Å². The number of rotatable bonds is 56. The largest absolute Gasteiger partial charge is 0.481 e. The maximum absolute atomic E-state index is 14.2. The third kappa shape index (κ3) is 46.2. The Balaban J connectivity index is 8.00. The zero-order valence-corrected chi connectivity index (χ0v) is 62.2. The molecule has 12 amide bonds. The highest BCUT2D eigenvalue weighted by Gasteiger charge is 2.42. The number of carbonyl (C=O) groups is 16. The Kier molecular flexibility index (Phi) is 42.6. The van der Waals surface area contributed by atoms with Crippen LogP contribution < -0.4 is 70.0 Å². The maximum atomic E-state index is 14.2. The van der Waals surface area contributed by atoms with E-state index in [-0.39, 0.29) is 25.8 Å². The maximum Gasteiger partial charge on any atom is 0.397 e. The number of carbonyl (C=O) groups excluding carboxylic acids is 12. The van der Waals surface area contributed by atoms with E-state index in [1.807, 2.05) is 16.0 Å². The zero-order valence-electron chi connectivity index (χ0n) is 57.3. The molecule has 0 aromatic rings. The fraction of sp³-hybridized carbons (Fsp3) is 0.667. The molecule has 0 rings (SSSR count). The summed E-state index contributed by atoms with van der Waals surface area (Å²) in [6.45, 7) is -5.38. The van der Waals surface area contributed by atoms with Crippen LogP contribution >= 0.6 is 0 Å². The van der Waals surface area contributed by atoms with Crippen LogP contribution in [-0.2, 0) is 164 Å². The molecule has 0 radical (unpaired) electrons. The van der Waals surface area contributed by atoms with Gasteiger partial charge in [-0.25, -0.2) is 25.1 Å². The smallest absolute Gasteiger partial charge is 0.397 e. The van der Waals surface area contributed by atoms with Crippen molar-refractivity contribution in [3.8, 4) is 0 Å². The van der Waals surface area contributed by atoms with Gasteiger partial charge in [-0.05, 0) is 65.3 Å². The first-order valence-corrected chi connectivity index (χ1v) is 38.8. The van der Waals surface area contributed by atoms with Crippen molar-refractivity contribution < 1.29 is 200 Å². The van der Waals surface area contributed by atoms with E-state index in [1.54, 1.807) is 31.9 Å². The van der Waals surface area contributed by atoms with Gasteiger partial charge < -0.3 is 90.4 Å². The number of hydrogen-bond donors (Lipinski definition) is 23. The molecule has 636 valence electrons. The van der Waals surface area contributed by atoms with E-state index >= 15 is 0 Å². The highest BCUT2D eigenvalue weighted by molar-refractivity contribution is 7.82. The third-order valence-electron chi connectivity index (χ3n) is 13.5. The minimum Gasteiger partial charge on any atom is -0.481 e. The lowest BCUT2D eigenvalue weighted by atomic mass is 10.0. The monoisotopic (exact) mass is 1730 g/mol. The van der Waals surface area contributed by atoms with Crippen LogP contribution in [0.2, 0.25) is 0 Å². The Morgan fingerprint density at radius 1 is 0.306 bits per heavy atom. The molecule has 57 nitrogen and oxygen atoms in total. The van der Waals surface area contributed by atoms with E-state index < -0.39 is 314 Å².